The topological polar surface area (TPSA) is 0 Å². The van der Waals surface area contributed by atoms with Crippen LogP contribution in [0.5, 0.6) is 0 Å². The van der Waals surface area contributed by atoms with E-state index < -0.39 is 15.5 Å². The SMILES string of the molecule is FC(F)(F)c1ccc(Cc2ccc(C(Cl)(Cl)Cl)cc2)cc1. The van der Waals surface area contributed by atoms with Gasteiger partial charge in [0.25, 0.3) is 0 Å². The fourth-order valence-electron chi connectivity index (χ4n) is 1.86. The summed E-state index contributed by atoms with van der Waals surface area (Å²) >= 11 is 17.3. The second-order valence-electron chi connectivity index (χ2n) is 4.57. The molecule has 0 aliphatic carbocycles. The summed E-state index contributed by atoms with van der Waals surface area (Å²) in [4.78, 5) is 0. The third-order valence-corrected chi connectivity index (χ3v) is 3.63. The molecule has 0 N–H and O–H groups in total. The molecular weight excluding hydrogens is 344 g/mol. The van der Waals surface area contributed by atoms with E-state index in [9.17, 15) is 13.2 Å². The maximum absolute atomic E-state index is 12.5. The number of rotatable bonds is 2. The van der Waals surface area contributed by atoms with Gasteiger partial charge in [0.15, 0.2) is 0 Å². The van der Waals surface area contributed by atoms with Gasteiger partial charge in [-0.1, -0.05) is 71.2 Å². The fourth-order valence-corrected chi connectivity index (χ4v) is 2.24. The average molecular weight is 354 g/mol. The van der Waals surface area contributed by atoms with Crippen molar-refractivity contribution in [3.63, 3.8) is 0 Å². The van der Waals surface area contributed by atoms with Crippen LogP contribution in [-0.4, -0.2) is 0 Å². The second kappa shape index (κ2) is 6.07. The first-order valence-electron chi connectivity index (χ1n) is 5.98. The summed E-state index contributed by atoms with van der Waals surface area (Å²) in [6.07, 6.45) is -3.80. The van der Waals surface area contributed by atoms with Gasteiger partial charge in [-0.3, -0.25) is 0 Å². The highest BCUT2D eigenvalue weighted by atomic mass is 35.6. The van der Waals surface area contributed by atoms with Gasteiger partial charge < -0.3 is 0 Å². The smallest absolute Gasteiger partial charge is 0.166 e. The van der Waals surface area contributed by atoms with E-state index in [0.717, 1.165) is 23.3 Å². The first-order chi connectivity index (χ1) is 9.66. The molecule has 0 unspecified atom stereocenters. The van der Waals surface area contributed by atoms with Gasteiger partial charge >= 0.3 is 6.18 Å². The Morgan fingerprint density at radius 3 is 1.38 bits per heavy atom. The maximum Gasteiger partial charge on any atom is 0.416 e. The molecule has 0 nitrogen and oxygen atoms in total. The lowest BCUT2D eigenvalue weighted by atomic mass is 10.0. The Kier molecular flexibility index (Phi) is 4.76. The molecule has 0 heterocycles. The van der Waals surface area contributed by atoms with Gasteiger partial charge in [-0.15, -0.1) is 0 Å². The van der Waals surface area contributed by atoms with Crippen molar-refractivity contribution in [2.24, 2.45) is 0 Å². The molecule has 0 saturated carbocycles. The molecule has 0 radical (unpaired) electrons. The minimum Gasteiger partial charge on any atom is -0.166 e. The van der Waals surface area contributed by atoms with Crippen LogP contribution >= 0.6 is 34.8 Å². The first kappa shape index (κ1) is 16.5. The lowest BCUT2D eigenvalue weighted by Crippen LogP contribution is -2.04. The molecule has 2 aromatic carbocycles. The first-order valence-corrected chi connectivity index (χ1v) is 7.12. The lowest BCUT2D eigenvalue weighted by Gasteiger charge is -2.12. The van der Waals surface area contributed by atoms with Crippen LogP contribution in [-0.2, 0) is 16.4 Å². The molecule has 0 amide bonds. The molecule has 0 saturated heterocycles. The number of alkyl halides is 6. The summed E-state index contributed by atoms with van der Waals surface area (Å²) in [7, 11) is 0. The van der Waals surface area contributed by atoms with Gasteiger partial charge in [-0.05, 0) is 29.7 Å². The highest BCUT2D eigenvalue weighted by molar-refractivity contribution is 6.66. The summed E-state index contributed by atoms with van der Waals surface area (Å²) in [5, 5.41) is 0. The molecule has 2 rings (SSSR count). The molecule has 21 heavy (non-hydrogen) atoms. The van der Waals surface area contributed by atoms with Crippen molar-refractivity contribution in [2.45, 2.75) is 16.4 Å². The van der Waals surface area contributed by atoms with Crippen molar-refractivity contribution in [1.82, 2.24) is 0 Å². The molecule has 0 aliphatic heterocycles. The van der Waals surface area contributed by atoms with Crippen molar-refractivity contribution in [1.29, 1.82) is 0 Å². The van der Waals surface area contributed by atoms with Crippen molar-refractivity contribution >= 4 is 34.8 Å². The molecule has 112 valence electrons. The molecule has 2 aromatic rings. The Morgan fingerprint density at radius 1 is 0.667 bits per heavy atom. The van der Waals surface area contributed by atoms with E-state index in [1.54, 1.807) is 24.3 Å². The van der Waals surface area contributed by atoms with Crippen molar-refractivity contribution in [3.8, 4) is 0 Å². The Hall–Kier alpha value is -0.900. The van der Waals surface area contributed by atoms with Gasteiger partial charge in [0.2, 0.25) is 3.79 Å². The van der Waals surface area contributed by atoms with Gasteiger partial charge in [0, 0.05) is 5.56 Å². The van der Waals surface area contributed by atoms with Gasteiger partial charge in [-0.2, -0.15) is 13.2 Å². The zero-order valence-electron chi connectivity index (χ0n) is 10.6. The molecular formula is C15H10Cl3F3. The predicted molar refractivity (Wildman–Crippen MR) is 79.9 cm³/mol. The summed E-state index contributed by atoms with van der Waals surface area (Å²) < 4.78 is 35.9. The largest absolute Gasteiger partial charge is 0.416 e. The van der Waals surface area contributed by atoms with Crippen molar-refractivity contribution in [2.75, 3.05) is 0 Å². The second-order valence-corrected chi connectivity index (χ2v) is 6.85. The van der Waals surface area contributed by atoms with E-state index in [1.165, 1.54) is 12.1 Å². The van der Waals surface area contributed by atoms with Crippen molar-refractivity contribution in [3.05, 3.63) is 70.8 Å². The molecule has 0 aromatic heterocycles. The van der Waals surface area contributed by atoms with Crippen molar-refractivity contribution < 1.29 is 13.2 Å². The molecule has 0 bridgehead atoms. The number of hydrogen-bond acceptors (Lipinski definition) is 0. The van der Waals surface area contributed by atoms with Crippen LogP contribution in [0.25, 0.3) is 0 Å². The molecule has 0 atom stereocenters. The van der Waals surface area contributed by atoms with Gasteiger partial charge in [0.1, 0.15) is 0 Å². The van der Waals surface area contributed by atoms with E-state index in [2.05, 4.69) is 0 Å². The molecule has 0 aliphatic rings. The standard InChI is InChI=1S/C15H10Cl3F3/c16-14(17,18)12-5-1-10(2-6-12)9-11-3-7-13(8-4-11)15(19,20)21/h1-8H,9H2. The Labute approximate surface area is 135 Å². The molecule has 0 spiro atoms. The predicted octanol–water partition coefficient (Wildman–Crippen LogP) is 6.12. The minimum absolute atomic E-state index is 0.512. The third-order valence-electron chi connectivity index (χ3n) is 2.97. The van der Waals surface area contributed by atoms with Crippen LogP contribution in [0, 0.1) is 0 Å². The van der Waals surface area contributed by atoms with Gasteiger partial charge in [-0.25, -0.2) is 0 Å². The van der Waals surface area contributed by atoms with Gasteiger partial charge in [0.05, 0.1) is 5.56 Å². The lowest BCUT2D eigenvalue weighted by molar-refractivity contribution is -0.137. The number of hydrogen-bond donors (Lipinski definition) is 0. The summed E-state index contributed by atoms with van der Waals surface area (Å²) in [5.74, 6) is 0. The summed E-state index contributed by atoms with van der Waals surface area (Å²) in [6, 6.07) is 12.0. The van der Waals surface area contributed by atoms with Crippen LogP contribution in [0.1, 0.15) is 22.3 Å². The average Bonchev–Trinajstić information content (AvgIpc) is 2.38. The molecule has 0 fully saturated rings. The third kappa shape index (κ3) is 4.53. The fraction of sp³-hybridized carbons (Fsp3) is 0.200. The maximum atomic E-state index is 12.5. The number of halogens is 6. The van der Waals surface area contributed by atoms with Crippen LogP contribution in [0.3, 0.4) is 0 Å². The zero-order valence-corrected chi connectivity index (χ0v) is 12.9. The highest BCUT2D eigenvalue weighted by Gasteiger charge is 2.29. The van der Waals surface area contributed by atoms with E-state index >= 15 is 0 Å². The van der Waals surface area contributed by atoms with E-state index in [4.69, 9.17) is 34.8 Å². The summed E-state index contributed by atoms with van der Waals surface area (Å²) in [5.41, 5.74) is 1.60. The molecule has 6 heteroatoms. The van der Waals surface area contributed by atoms with Crippen LogP contribution < -0.4 is 0 Å². The Morgan fingerprint density at radius 2 is 1.05 bits per heavy atom. The minimum atomic E-state index is -4.31. The number of benzene rings is 2. The van der Waals surface area contributed by atoms with E-state index in [1.807, 2.05) is 0 Å². The van der Waals surface area contributed by atoms with Crippen LogP contribution in [0.2, 0.25) is 0 Å². The zero-order chi connectivity index (χ0) is 15.7. The van der Waals surface area contributed by atoms with E-state index in [0.29, 0.717) is 12.0 Å². The Balaban J connectivity index is 2.12. The summed E-state index contributed by atoms with van der Waals surface area (Å²) in [6.45, 7) is 0. The monoisotopic (exact) mass is 352 g/mol. The Bertz CT molecular complexity index is 541. The quantitative estimate of drug-likeness (QED) is 0.570. The normalized spacial score (nSPS) is 12.5. The van der Waals surface area contributed by atoms with Crippen LogP contribution in [0.4, 0.5) is 13.2 Å². The van der Waals surface area contributed by atoms with Crippen LogP contribution in [0.15, 0.2) is 48.5 Å². The highest BCUT2D eigenvalue weighted by Crippen LogP contribution is 2.38. The van der Waals surface area contributed by atoms with E-state index in [-0.39, 0.29) is 0 Å².